The van der Waals surface area contributed by atoms with Gasteiger partial charge in [-0.05, 0) is 44.7 Å². The van der Waals surface area contributed by atoms with Gasteiger partial charge in [-0.1, -0.05) is 32.0 Å². The molecule has 1 aromatic carbocycles. The van der Waals surface area contributed by atoms with Crippen molar-refractivity contribution >= 4 is 16.9 Å². The number of amides is 1. The number of rotatable bonds is 7. The molecule has 0 spiro atoms. The van der Waals surface area contributed by atoms with Crippen molar-refractivity contribution < 1.29 is 9.21 Å². The average Bonchev–Trinajstić information content (AvgIpc) is 3.24. The van der Waals surface area contributed by atoms with Gasteiger partial charge in [0.15, 0.2) is 0 Å². The molecule has 0 radical (unpaired) electrons. The first kappa shape index (κ1) is 18.0. The summed E-state index contributed by atoms with van der Waals surface area (Å²) >= 11 is 0. The summed E-state index contributed by atoms with van der Waals surface area (Å²) in [5.74, 6) is 1.43. The molecule has 3 rings (SSSR count). The third kappa shape index (κ3) is 3.74. The molecule has 25 heavy (non-hydrogen) atoms. The number of carbonyl (C=O) groups excluding carboxylic acids is 1. The van der Waals surface area contributed by atoms with Crippen molar-refractivity contribution in [3.63, 3.8) is 0 Å². The van der Waals surface area contributed by atoms with Crippen LogP contribution in [0.2, 0.25) is 0 Å². The number of fused-ring (bicyclic) bond motifs is 1. The molecular formula is C21H30N2O2. The van der Waals surface area contributed by atoms with E-state index in [4.69, 9.17) is 10.2 Å². The van der Waals surface area contributed by atoms with E-state index in [0.717, 1.165) is 56.4 Å². The zero-order valence-corrected chi connectivity index (χ0v) is 15.5. The Morgan fingerprint density at radius 2 is 2.20 bits per heavy atom. The maximum Gasteiger partial charge on any atom is 0.225 e. The SMILES string of the molecule is CCc1oc2ccccc2c1C[C@@H]1CCCN1C(=O)[C@@H](C)CCCN. The molecular weight excluding hydrogens is 312 g/mol. The molecule has 1 fully saturated rings. The zero-order valence-electron chi connectivity index (χ0n) is 15.5. The first-order valence-electron chi connectivity index (χ1n) is 9.65. The van der Waals surface area contributed by atoms with Gasteiger partial charge < -0.3 is 15.1 Å². The fourth-order valence-electron chi connectivity index (χ4n) is 4.06. The Morgan fingerprint density at radius 1 is 1.40 bits per heavy atom. The van der Waals surface area contributed by atoms with Crippen molar-refractivity contribution in [2.75, 3.05) is 13.1 Å². The standard InChI is InChI=1S/C21H30N2O2/c1-3-19-18(17-10-4-5-11-20(17)25-19)14-16-9-7-13-23(16)21(24)15(2)8-6-12-22/h4-5,10-11,15-16H,3,6-9,12-14,22H2,1-2H3/t15-,16-/m0/s1. The molecule has 4 nitrogen and oxygen atoms in total. The number of nitrogens with zero attached hydrogens (tertiary/aromatic N) is 1. The first-order chi connectivity index (χ1) is 12.2. The van der Waals surface area contributed by atoms with Gasteiger partial charge in [0.25, 0.3) is 0 Å². The normalized spacial score (nSPS) is 18.8. The summed E-state index contributed by atoms with van der Waals surface area (Å²) in [6.45, 7) is 5.71. The molecule has 2 atom stereocenters. The van der Waals surface area contributed by atoms with Gasteiger partial charge in [0.05, 0.1) is 0 Å². The van der Waals surface area contributed by atoms with Crippen molar-refractivity contribution in [1.82, 2.24) is 4.90 Å². The van der Waals surface area contributed by atoms with Gasteiger partial charge in [0, 0.05) is 35.9 Å². The van der Waals surface area contributed by atoms with Crippen LogP contribution in [0, 0.1) is 5.92 Å². The molecule has 136 valence electrons. The fraction of sp³-hybridized carbons (Fsp3) is 0.571. The monoisotopic (exact) mass is 342 g/mol. The summed E-state index contributed by atoms with van der Waals surface area (Å²) in [6, 6.07) is 8.54. The molecule has 4 heteroatoms. The molecule has 0 saturated carbocycles. The molecule has 0 aliphatic carbocycles. The molecule has 0 bridgehead atoms. The molecule has 1 amide bonds. The highest BCUT2D eigenvalue weighted by molar-refractivity contribution is 5.83. The predicted molar refractivity (Wildman–Crippen MR) is 101 cm³/mol. The van der Waals surface area contributed by atoms with Gasteiger partial charge >= 0.3 is 0 Å². The van der Waals surface area contributed by atoms with Crippen LogP contribution in [-0.4, -0.2) is 29.9 Å². The molecule has 1 aromatic heterocycles. The number of aryl methyl sites for hydroxylation is 1. The van der Waals surface area contributed by atoms with E-state index in [9.17, 15) is 4.79 Å². The summed E-state index contributed by atoms with van der Waals surface area (Å²) in [4.78, 5) is 15.0. The molecule has 2 heterocycles. The average molecular weight is 342 g/mol. The lowest BCUT2D eigenvalue weighted by molar-refractivity contribution is -0.136. The number of likely N-dealkylation sites (tertiary alicyclic amines) is 1. The van der Waals surface area contributed by atoms with Crippen molar-refractivity contribution in [2.24, 2.45) is 11.7 Å². The number of furan rings is 1. The predicted octanol–water partition coefficient (Wildman–Crippen LogP) is 3.90. The number of nitrogens with two attached hydrogens (primary N) is 1. The summed E-state index contributed by atoms with van der Waals surface area (Å²) in [5, 5.41) is 1.20. The molecule has 1 aliphatic heterocycles. The van der Waals surface area contributed by atoms with Crippen LogP contribution in [0.25, 0.3) is 11.0 Å². The maximum absolute atomic E-state index is 12.9. The zero-order chi connectivity index (χ0) is 17.8. The van der Waals surface area contributed by atoms with E-state index in [1.165, 1.54) is 10.9 Å². The largest absolute Gasteiger partial charge is 0.461 e. The van der Waals surface area contributed by atoms with E-state index in [1.807, 2.05) is 19.1 Å². The molecule has 2 aromatic rings. The van der Waals surface area contributed by atoms with E-state index >= 15 is 0 Å². The lowest BCUT2D eigenvalue weighted by Gasteiger charge is -2.27. The van der Waals surface area contributed by atoms with Gasteiger partial charge in [0.2, 0.25) is 5.91 Å². The molecule has 0 unspecified atom stereocenters. The molecule has 2 N–H and O–H groups in total. The van der Waals surface area contributed by atoms with Crippen molar-refractivity contribution in [3.05, 3.63) is 35.6 Å². The molecule has 1 aliphatic rings. The minimum atomic E-state index is 0.0656. The van der Waals surface area contributed by atoms with E-state index < -0.39 is 0 Å². The minimum Gasteiger partial charge on any atom is -0.461 e. The third-order valence-corrected chi connectivity index (χ3v) is 5.47. The minimum absolute atomic E-state index is 0.0656. The van der Waals surface area contributed by atoms with Crippen LogP contribution in [0.5, 0.6) is 0 Å². The fourth-order valence-corrected chi connectivity index (χ4v) is 4.06. The number of hydrogen-bond acceptors (Lipinski definition) is 3. The van der Waals surface area contributed by atoms with Crippen LogP contribution in [-0.2, 0) is 17.6 Å². The number of para-hydroxylation sites is 1. The van der Waals surface area contributed by atoms with E-state index in [0.29, 0.717) is 18.5 Å². The Bertz CT molecular complexity index is 722. The summed E-state index contributed by atoms with van der Waals surface area (Å²) in [5.41, 5.74) is 7.85. The van der Waals surface area contributed by atoms with Crippen molar-refractivity contribution in [2.45, 2.75) is 58.4 Å². The van der Waals surface area contributed by atoms with Crippen LogP contribution in [0.3, 0.4) is 0 Å². The van der Waals surface area contributed by atoms with Crippen LogP contribution in [0.4, 0.5) is 0 Å². The highest BCUT2D eigenvalue weighted by Gasteiger charge is 2.32. The number of carbonyl (C=O) groups is 1. The van der Waals surface area contributed by atoms with E-state index in [-0.39, 0.29) is 5.92 Å². The Hall–Kier alpha value is -1.81. The Morgan fingerprint density at radius 3 is 2.96 bits per heavy atom. The van der Waals surface area contributed by atoms with Crippen LogP contribution >= 0.6 is 0 Å². The Kier molecular flexibility index (Phi) is 5.79. The van der Waals surface area contributed by atoms with Gasteiger partial charge in [0.1, 0.15) is 11.3 Å². The third-order valence-electron chi connectivity index (χ3n) is 5.47. The lowest BCUT2D eigenvalue weighted by Crippen LogP contribution is -2.40. The van der Waals surface area contributed by atoms with E-state index in [2.05, 4.69) is 24.0 Å². The van der Waals surface area contributed by atoms with Crippen LogP contribution in [0.1, 0.15) is 50.9 Å². The second-order valence-corrected chi connectivity index (χ2v) is 7.22. The van der Waals surface area contributed by atoms with Gasteiger partial charge in [-0.15, -0.1) is 0 Å². The topological polar surface area (TPSA) is 59.5 Å². The molecule has 1 saturated heterocycles. The lowest BCUT2D eigenvalue weighted by atomic mass is 9.98. The van der Waals surface area contributed by atoms with Crippen molar-refractivity contribution in [1.29, 1.82) is 0 Å². The Labute approximate surface area is 150 Å². The number of benzene rings is 1. The summed E-state index contributed by atoms with van der Waals surface area (Å²) in [6.07, 6.45) is 5.76. The van der Waals surface area contributed by atoms with Gasteiger partial charge in [-0.2, -0.15) is 0 Å². The van der Waals surface area contributed by atoms with Crippen LogP contribution < -0.4 is 5.73 Å². The smallest absolute Gasteiger partial charge is 0.225 e. The van der Waals surface area contributed by atoms with Gasteiger partial charge in [-0.25, -0.2) is 0 Å². The van der Waals surface area contributed by atoms with Gasteiger partial charge in [-0.3, -0.25) is 4.79 Å². The second kappa shape index (κ2) is 8.05. The summed E-state index contributed by atoms with van der Waals surface area (Å²) < 4.78 is 6.04. The maximum atomic E-state index is 12.9. The highest BCUT2D eigenvalue weighted by Crippen LogP contribution is 2.31. The number of hydrogen-bond donors (Lipinski definition) is 1. The van der Waals surface area contributed by atoms with Crippen LogP contribution in [0.15, 0.2) is 28.7 Å². The van der Waals surface area contributed by atoms with Crippen molar-refractivity contribution in [3.8, 4) is 0 Å². The highest BCUT2D eigenvalue weighted by atomic mass is 16.3. The second-order valence-electron chi connectivity index (χ2n) is 7.22. The quantitative estimate of drug-likeness (QED) is 0.830. The summed E-state index contributed by atoms with van der Waals surface area (Å²) in [7, 11) is 0. The first-order valence-corrected chi connectivity index (χ1v) is 9.65. The van der Waals surface area contributed by atoms with E-state index in [1.54, 1.807) is 0 Å². The Balaban J connectivity index is 1.79.